The molecule has 1 spiro atoms. The van der Waals surface area contributed by atoms with Crippen LogP contribution < -0.4 is 0 Å². The maximum atomic E-state index is 13.3. The summed E-state index contributed by atoms with van der Waals surface area (Å²) in [6, 6.07) is 6.93. The summed E-state index contributed by atoms with van der Waals surface area (Å²) in [6.07, 6.45) is 2.21. The maximum absolute atomic E-state index is 13.3. The van der Waals surface area contributed by atoms with E-state index in [1.165, 1.54) is 6.07 Å². The van der Waals surface area contributed by atoms with Crippen LogP contribution in [-0.2, 0) is 16.0 Å². The molecule has 2 heterocycles. The van der Waals surface area contributed by atoms with Gasteiger partial charge in [0.05, 0.1) is 19.8 Å². The lowest BCUT2D eigenvalue weighted by Gasteiger charge is -2.51. The molecule has 0 aliphatic carbocycles. The van der Waals surface area contributed by atoms with E-state index in [-0.39, 0.29) is 11.4 Å². The number of hydrogen-bond acceptors (Lipinski definition) is 4. The van der Waals surface area contributed by atoms with Gasteiger partial charge in [-0.15, -0.1) is 0 Å². The topological polar surface area (TPSA) is 24.9 Å². The highest BCUT2D eigenvalue weighted by atomic mass is 19.1. The van der Waals surface area contributed by atoms with Gasteiger partial charge in [-0.3, -0.25) is 9.80 Å². The van der Waals surface area contributed by atoms with E-state index in [1.807, 2.05) is 6.07 Å². The molecule has 0 aromatic heterocycles. The zero-order valence-electron chi connectivity index (χ0n) is 14.0. The summed E-state index contributed by atoms with van der Waals surface area (Å²) in [6.45, 7) is 7.27. The van der Waals surface area contributed by atoms with Crippen LogP contribution in [0.1, 0.15) is 18.4 Å². The summed E-state index contributed by atoms with van der Waals surface area (Å²) >= 11 is 0. The number of methoxy groups -OCH3 is 1. The van der Waals surface area contributed by atoms with Gasteiger partial charge in [-0.05, 0) is 30.5 Å². The van der Waals surface area contributed by atoms with Crippen LogP contribution in [0.5, 0.6) is 0 Å². The van der Waals surface area contributed by atoms with Crippen LogP contribution in [0, 0.1) is 5.82 Å². The Hall–Kier alpha value is -1.01. The van der Waals surface area contributed by atoms with Gasteiger partial charge in [0, 0.05) is 45.4 Å². The zero-order chi connectivity index (χ0) is 16.1. The first-order chi connectivity index (χ1) is 11.2. The zero-order valence-corrected chi connectivity index (χ0v) is 14.0. The number of hydrogen-bond donors (Lipinski definition) is 0. The van der Waals surface area contributed by atoms with Gasteiger partial charge < -0.3 is 9.47 Å². The van der Waals surface area contributed by atoms with Crippen LogP contribution in [0.15, 0.2) is 24.3 Å². The summed E-state index contributed by atoms with van der Waals surface area (Å²) in [5.74, 6) is -0.151. The second-order valence-electron chi connectivity index (χ2n) is 6.66. The molecule has 0 bridgehead atoms. The first kappa shape index (κ1) is 16.8. The van der Waals surface area contributed by atoms with Gasteiger partial charge in [0.2, 0.25) is 0 Å². The molecule has 0 radical (unpaired) electrons. The quantitative estimate of drug-likeness (QED) is 0.829. The first-order valence-corrected chi connectivity index (χ1v) is 8.50. The molecule has 0 unspecified atom stereocenters. The van der Waals surface area contributed by atoms with E-state index < -0.39 is 0 Å². The average molecular weight is 322 g/mol. The molecule has 3 rings (SSSR count). The van der Waals surface area contributed by atoms with E-state index in [2.05, 4.69) is 9.80 Å². The normalized spacial score (nSPS) is 22.5. The fourth-order valence-corrected chi connectivity index (χ4v) is 3.80. The lowest BCUT2D eigenvalue weighted by Crippen LogP contribution is -2.61. The maximum Gasteiger partial charge on any atom is 0.123 e. The molecule has 128 valence electrons. The molecule has 0 amide bonds. The predicted molar refractivity (Wildman–Crippen MR) is 87.9 cm³/mol. The molecule has 0 atom stereocenters. The minimum atomic E-state index is -0.151. The number of benzene rings is 1. The second-order valence-corrected chi connectivity index (χ2v) is 6.66. The third kappa shape index (κ3) is 4.10. The van der Waals surface area contributed by atoms with Crippen molar-refractivity contribution < 1.29 is 13.9 Å². The number of morpholine rings is 1. The Balaban J connectivity index is 1.57. The van der Waals surface area contributed by atoms with Crippen LogP contribution in [0.2, 0.25) is 0 Å². The Morgan fingerprint density at radius 2 is 2.09 bits per heavy atom. The van der Waals surface area contributed by atoms with Gasteiger partial charge in [0.15, 0.2) is 0 Å². The minimum absolute atomic E-state index is 0.151. The van der Waals surface area contributed by atoms with Crippen molar-refractivity contribution in [1.29, 1.82) is 0 Å². The number of ether oxygens (including phenoxy) is 2. The van der Waals surface area contributed by atoms with Crippen molar-refractivity contribution >= 4 is 0 Å². The standard InChI is InChI=1S/C18H27FN2O2/c1-22-11-9-21-10-12-23-15-18(21)5-7-20(8-6-18)14-16-3-2-4-17(19)13-16/h2-4,13H,5-12,14-15H2,1H3. The molecule has 2 aliphatic heterocycles. The summed E-state index contributed by atoms with van der Waals surface area (Å²) in [7, 11) is 1.76. The highest BCUT2D eigenvalue weighted by Crippen LogP contribution is 2.32. The molecular weight excluding hydrogens is 295 g/mol. The molecule has 5 heteroatoms. The van der Waals surface area contributed by atoms with Crippen molar-refractivity contribution in [3.05, 3.63) is 35.6 Å². The van der Waals surface area contributed by atoms with Crippen LogP contribution in [0.4, 0.5) is 4.39 Å². The van der Waals surface area contributed by atoms with Crippen molar-refractivity contribution in [2.75, 3.05) is 53.1 Å². The van der Waals surface area contributed by atoms with Crippen molar-refractivity contribution in [1.82, 2.24) is 9.80 Å². The smallest absolute Gasteiger partial charge is 0.123 e. The van der Waals surface area contributed by atoms with Crippen molar-refractivity contribution in [2.24, 2.45) is 0 Å². The average Bonchev–Trinajstić information content (AvgIpc) is 2.56. The van der Waals surface area contributed by atoms with E-state index in [0.29, 0.717) is 0 Å². The van der Waals surface area contributed by atoms with Gasteiger partial charge in [-0.25, -0.2) is 4.39 Å². The van der Waals surface area contributed by atoms with E-state index >= 15 is 0 Å². The summed E-state index contributed by atoms with van der Waals surface area (Å²) < 4.78 is 24.4. The molecule has 2 fully saturated rings. The van der Waals surface area contributed by atoms with Crippen molar-refractivity contribution in [3.8, 4) is 0 Å². The Bertz CT molecular complexity index is 504. The number of halogens is 1. The SMILES string of the molecule is COCCN1CCOCC12CCN(Cc1cccc(F)c1)CC2. The Kier molecular flexibility index (Phi) is 5.64. The monoisotopic (exact) mass is 322 g/mol. The third-order valence-corrected chi connectivity index (χ3v) is 5.19. The fourth-order valence-electron chi connectivity index (χ4n) is 3.80. The Morgan fingerprint density at radius 3 is 2.83 bits per heavy atom. The molecule has 0 saturated carbocycles. The van der Waals surface area contributed by atoms with Crippen molar-refractivity contribution in [3.63, 3.8) is 0 Å². The molecular formula is C18H27FN2O2. The van der Waals surface area contributed by atoms with Crippen molar-refractivity contribution in [2.45, 2.75) is 24.9 Å². The van der Waals surface area contributed by atoms with E-state index in [4.69, 9.17) is 9.47 Å². The largest absolute Gasteiger partial charge is 0.383 e. The van der Waals surface area contributed by atoms with Crippen LogP contribution >= 0.6 is 0 Å². The van der Waals surface area contributed by atoms with Gasteiger partial charge in [-0.2, -0.15) is 0 Å². The number of likely N-dealkylation sites (tertiary alicyclic amines) is 1. The fraction of sp³-hybridized carbons (Fsp3) is 0.667. The highest BCUT2D eigenvalue weighted by Gasteiger charge is 2.41. The predicted octanol–water partition coefficient (Wildman–Crippen LogP) is 2.14. The van der Waals surface area contributed by atoms with Crippen LogP contribution in [-0.4, -0.2) is 68.4 Å². The van der Waals surface area contributed by atoms with Gasteiger partial charge >= 0.3 is 0 Å². The third-order valence-electron chi connectivity index (χ3n) is 5.19. The van der Waals surface area contributed by atoms with E-state index in [0.717, 1.165) is 70.9 Å². The highest BCUT2D eigenvalue weighted by molar-refractivity contribution is 5.16. The summed E-state index contributed by atoms with van der Waals surface area (Å²) in [5.41, 5.74) is 1.21. The molecule has 4 nitrogen and oxygen atoms in total. The number of nitrogens with zero attached hydrogens (tertiary/aromatic N) is 2. The number of piperidine rings is 1. The van der Waals surface area contributed by atoms with E-state index in [1.54, 1.807) is 19.2 Å². The second kappa shape index (κ2) is 7.71. The molecule has 1 aromatic carbocycles. The molecule has 0 N–H and O–H groups in total. The minimum Gasteiger partial charge on any atom is -0.383 e. The van der Waals surface area contributed by atoms with Crippen LogP contribution in [0.3, 0.4) is 0 Å². The Labute approximate surface area is 138 Å². The molecule has 23 heavy (non-hydrogen) atoms. The summed E-state index contributed by atoms with van der Waals surface area (Å²) in [4.78, 5) is 4.97. The van der Waals surface area contributed by atoms with E-state index in [9.17, 15) is 4.39 Å². The van der Waals surface area contributed by atoms with Gasteiger partial charge in [0.25, 0.3) is 0 Å². The molecule has 1 aromatic rings. The van der Waals surface area contributed by atoms with Crippen LogP contribution in [0.25, 0.3) is 0 Å². The lowest BCUT2D eigenvalue weighted by atomic mass is 9.85. The Morgan fingerprint density at radius 1 is 1.26 bits per heavy atom. The van der Waals surface area contributed by atoms with Gasteiger partial charge in [-0.1, -0.05) is 12.1 Å². The first-order valence-electron chi connectivity index (χ1n) is 8.50. The lowest BCUT2D eigenvalue weighted by molar-refractivity contribution is -0.100. The summed E-state index contributed by atoms with van der Waals surface area (Å²) in [5, 5.41) is 0. The molecule has 2 aliphatic rings. The molecule has 2 saturated heterocycles. The van der Waals surface area contributed by atoms with Gasteiger partial charge in [0.1, 0.15) is 5.82 Å². The number of rotatable bonds is 5.